The number of rotatable bonds is 3. The van der Waals surface area contributed by atoms with Crippen molar-refractivity contribution in [3.05, 3.63) is 28.8 Å². The van der Waals surface area contributed by atoms with Crippen molar-refractivity contribution < 1.29 is 8.42 Å². The topological polar surface area (TPSA) is 64.4 Å². The highest BCUT2D eigenvalue weighted by Crippen LogP contribution is 2.24. The van der Waals surface area contributed by atoms with Crippen molar-refractivity contribution in [2.45, 2.75) is 6.92 Å². The minimum Gasteiger partial charge on any atom is -0.369 e. The molecule has 1 saturated heterocycles. The molecule has 1 aliphatic rings. The summed E-state index contributed by atoms with van der Waals surface area (Å²) in [7, 11) is -3.11. The average Bonchev–Trinajstić information content (AvgIpc) is 2.47. The van der Waals surface area contributed by atoms with Crippen molar-refractivity contribution >= 4 is 27.3 Å². The van der Waals surface area contributed by atoms with Gasteiger partial charge in [-0.15, -0.1) is 0 Å². The van der Waals surface area contributed by atoms with E-state index in [1.807, 2.05) is 12.1 Å². The van der Waals surface area contributed by atoms with Gasteiger partial charge in [-0.05, 0) is 25.1 Å². The van der Waals surface area contributed by atoms with E-state index < -0.39 is 10.0 Å². The van der Waals surface area contributed by atoms with Gasteiger partial charge in [0.05, 0.1) is 16.3 Å². The third-order valence-electron chi connectivity index (χ3n) is 3.44. The average molecular weight is 314 g/mol. The van der Waals surface area contributed by atoms with Crippen LogP contribution in [0.25, 0.3) is 0 Å². The van der Waals surface area contributed by atoms with Crippen molar-refractivity contribution in [2.75, 3.05) is 36.8 Å². The number of hydrogen-bond donors (Lipinski definition) is 0. The molecular weight excluding hydrogens is 298 g/mol. The maximum atomic E-state index is 11.8. The van der Waals surface area contributed by atoms with Crippen LogP contribution < -0.4 is 4.90 Å². The van der Waals surface area contributed by atoms with Gasteiger partial charge in [0.25, 0.3) is 0 Å². The summed E-state index contributed by atoms with van der Waals surface area (Å²) in [5, 5.41) is 9.27. The second-order valence-electron chi connectivity index (χ2n) is 4.56. The number of nitriles is 1. The molecule has 108 valence electrons. The highest BCUT2D eigenvalue weighted by atomic mass is 35.5. The quantitative estimate of drug-likeness (QED) is 0.851. The Balaban J connectivity index is 2.08. The SMILES string of the molecule is CCS(=O)(=O)N1CCN(c2ccc(C#N)c(Cl)c2)CC1. The molecule has 1 heterocycles. The number of halogens is 1. The molecule has 0 radical (unpaired) electrons. The van der Waals surface area contributed by atoms with Crippen molar-refractivity contribution in [3.8, 4) is 6.07 Å². The molecule has 5 nitrogen and oxygen atoms in total. The Morgan fingerprint density at radius 3 is 2.45 bits per heavy atom. The fourth-order valence-electron chi connectivity index (χ4n) is 2.20. The summed E-state index contributed by atoms with van der Waals surface area (Å²) in [5.41, 5.74) is 1.37. The van der Waals surface area contributed by atoms with Crippen LogP contribution in [-0.4, -0.2) is 44.7 Å². The van der Waals surface area contributed by atoms with Crippen molar-refractivity contribution in [2.24, 2.45) is 0 Å². The molecule has 0 aromatic heterocycles. The first-order chi connectivity index (χ1) is 9.47. The molecule has 0 unspecified atom stereocenters. The highest BCUT2D eigenvalue weighted by Gasteiger charge is 2.25. The van der Waals surface area contributed by atoms with Gasteiger partial charge >= 0.3 is 0 Å². The lowest BCUT2D eigenvalue weighted by atomic mass is 10.2. The van der Waals surface area contributed by atoms with Gasteiger partial charge in [-0.1, -0.05) is 11.6 Å². The summed E-state index contributed by atoms with van der Waals surface area (Å²) >= 11 is 6.02. The monoisotopic (exact) mass is 313 g/mol. The molecule has 0 amide bonds. The molecule has 0 aliphatic carbocycles. The standard InChI is InChI=1S/C13H16ClN3O2S/c1-2-20(18,19)17-7-5-16(6-8-17)12-4-3-11(10-15)13(14)9-12/h3-4,9H,2,5-8H2,1H3. The molecular formula is C13H16ClN3O2S. The first kappa shape index (κ1) is 15.1. The van der Waals surface area contributed by atoms with Crippen LogP contribution in [0.2, 0.25) is 5.02 Å². The van der Waals surface area contributed by atoms with Gasteiger partial charge < -0.3 is 4.90 Å². The lowest BCUT2D eigenvalue weighted by Gasteiger charge is -2.35. The minimum atomic E-state index is -3.11. The first-order valence-electron chi connectivity index (χ1n) is 6.40. The molecule has 0 saturated carbocycles. The van der Waals surface area contributed by atoms with Crippen LogP contribution in [0.4, 0.5) is 5.69 Å². The fraction of sp³-hybridized carbons (Fsp3) is 0.462. The van der Waals surface area contributed by atoms with E-state index in [4.69, 9.17) is 16.9 Å². The second-order valence-corrected chi connectivity index (χ2v) is 7.23. The Kier molecular flexibility index (Phi) is 4.53. The van der Waals surface area contributed by atoms with Crippen LogP contribution in [-0.2, 0) is 10.0 Å². The zero-order valence-electron chi connectivity index (χ0n) is 11.2. The molecule has 0 bridgehead atoms. The van der Waals surface area contributed by atoms with Crippen LogP contribution in [0, 0.1) is 11.3 Å². The minimum absolute atomic E-state index is 0.135. The Labute approximate surface area is 124 Å². The number of benzene rings is 1. The van der Waals surface area contributed by atoms with E-state index in [1.54, 1.807) is 19.1 Å². The molecule has 1 aromatic carbocycles. The molecule has 2 rings (SSSR count). The van der Waals surface area contributed by atoms with Gasteiger partial charge in [-0.25, -0.2) is 8.42 Å². The number of hydrogen-bond acceptors (Lipinski definition) is 4. The summed E-state index contributed by atoms with van der Waals surface area (Å²) in [4.78, 5) is 2.08. The normalized spacial score (nSPS) is 16.9. The second kappa shape index (κ2) is 6.00. The van der Waals surface area contributed by atoms with Gasteiger partial charge in [0, 0.05) is 31.9 Å². The Morgan fingerprint density at radius 2 is 1.95 bits per heavy atom. The maximum Gasteiger partial charge on any atom is 0.213 e. The van der Waals surface area contributed by atoms with Crippen molar-refractivity contribution in [1.82, 2.24) is 4.31 Å². The summed E-state index contributed by atoms with van der Waals surface area (Å²) in [5.74, 6) is 0.135. The van der Waals surface area contributed by atoms with Crippen molar-refractivity contribution in [1.29, 1.82) is 5.26 Å². The summed E-state index contributed by atoms with van der Waals surface area (Å²) in [6, 6.07) is 7.31. The summed E-state index contributed by atoms with van der Waals surface area (Å²) in [6.07, 6.45) is 0. The molecule has 7 heteroatoms. The predicted octanol–water partition coefficient (Wildman–Crippen LogP) is 1.68. The highest BCUT2D eigenvalue weighted by molar-refractivity contribution is 7.89. The van der Waals surface area contributed by atoms with Gasteiger partial charge in [-0.3, -0.25) is 0 Å². The number of piperazine rings is 1. The Bertz CT molecular complexity index is 632. The summed E-state index contributed by atoms with van der Waals surface area (Å²) < 4.78 is 25.1. The smallest absolute Gasteiger partial charge is 0.213 e. The molecule has 20 heavy (non-hydrogen) atoms. The van der Waals surface area contributed by atoms with Crippen LogP contribution in [0.1, 0.15) is 12.5 Å². The molecule has 1 fully saturated rings. The zero-order chi connectivity index (χ0) is 14.8. The molecule has 0 N–H and O–H groups in total. The van der Waals surface area contributed by atoms with E-state index in [0.717, 1.165) is 5.69 Å². The Hall–Kier alpha value is -1.29. The number of sulfonamides is 1. The lowest BCUT2D eigenvalue weighted by Crippen LogP contribution is -2.49. The Morgan fingerprint density at radius 1 is 1.30 bits per heavy atom. The van der Waals surface area contributed by atoms with Crippen LogP contribution in [0.15, 0.2) is 18.2 Å². The lowest BCUT2D eigenvalue weighted by molar-refractivity contribution is 0.385. The van der Waals surface area contributed by atoms with Gasteiger partial charge in [0.15, 0.2) is 0 Å². The van der Waals surface area contributed by atoms with Crippen molar-refractivity contribution in [3.63, 3.8) is 0 Å². The van der Waals surface area contributed by atoms with E-state index >= 15 is 0 Å². The van der Waals surface area contributed by atoms with Crippen LogP contribution in [0.5, 0.6) is 0 Å². The third-order valence-corrected chi connectivity index (χ3v) is 5.63. The molecule has 1 aliphatic heterocycles. The largest absolute Gasteiger partial charge is 0.369 e. The summed E-state index contributed by atoms with van der Waals surface area (Å²) in [6.45, 7) is 3.87. The van der Waals surface area contributed by atoms with E-state index in [0.29, 0.717) is 36.8 Å². The van der Waals surface area contributed by atoms with Gasteiger partial charge in [-0.2, -0.15) is 9.57 Å². The van der Waals surface area contributed by atoms with Crippen LogP contribution >= 0.6 is 11.6 Å². The van der Waals surface area contributed by atoms with Gasteiger partial charge in [0.2, 0.25) is 10.0 Å². The van der Waals surface area contributed by atoms with E-state index in [1.165, 1.54) is 4.31 Å². The van der Waals surface area contributed by atoms with E-state index in [9.17, 15) is 8.42 Å². The third kappa shape index (κ3) is 3.06. The number of anilines is 1. The maximum absolute atomic E-state index is 11.8. The van der Waals surface area contributed by atoms with Crippen LogP contribution in [0.3, 0.4) is 0 Å². The molecule has 1 aromatic rings. The fourth-order valence-corrected chi connectivity index (χ4v) is 3.50. The molecule has 0 spiro atoms. The predicted molar refractivity (Wildman–Crippen MR) is 79.4 cm³/mol. The van der Waals surface area contributed by atoms with E-state index in [2.05, 4.69) is 4.90 Å². The molecule has 0 atom stereocenters. The first-order valence-corrected chi connectivity index (χ1v) is 8.39. The zero-order valence-corrected chi connectivity index (χ0v) is 12.8. The number of nitrogens with zero attached hydrogens (tertiary/aromatic N) is 3. The van der Waals surface area contributed by atoms with E-state index in [-0.39, 0.29) is 5.75 Å². The van der Waals surface area contributed by atoms with Gasteiger partial charge in [0.1, 0.15) is 6.07 Å².